The van der Waals surface area contributed by atoms with Crippen LogP contribution in [0.2, 0.25) is 0 Å². The summed E-state index contributed by atoms with van der Waals surface area (Å²) in [5.74, 6) is 0.0770. The second-order valence-electron chi connectivity index (χ2n) is 3.85. The van der Waals surface area contributed by atoms with Gasteiger partial charge in [0.25, 0.3) is 0 Å². The molecule has 17 heavy (non-hydrogen) atoms. The van der Waals surface area contributed by atoms with E-state index in [1.165, 1.54) is 5.56 Å². The molecule has 86 valence electrons. The normalized spacial score (nSPS) is 10.2. The molecule has 2 rings (SSSR count). The van der Waals surface area contributed by atoms with Gasteiger partial charge in [-0.05, 0) is 12.0 Å². The van der Waals surface area contributed by atoms with Crippen LogP contribution in [0.5, 0.6) is 0 Å². The average Bonchev–Trinajstić information content (AvgIpc) is 2.40. The molecule has 0 fully saturated rings. The molecule has 0 spiro atoms. The van der Waals surface area contributed by atoms with Crippen LogP contribution in [0.4, 0.5) is 0 Å². The van der Waals surface area contributed by atoms with Crippen molar-refractivity contribution in [3.05, 3.63) is 59.7 Å². The number of aryl methyl sites for hydroxylation is 1. The van der Waals surface area contributed by atoms with E-state index < -0.39 is 0 Å². The smallest absolute Gasteiger partial charge is 0.168 e. The van der Waals surface area contributed by atoms with Gasteiger partial charge in [-0.1, -0.05) is 31.2 Å². The van der Waals surface area contributed by atoms with Crippen LogP contribution in [0.15, 0.2) is 42.9 Å². The average molecular weight is 226 g/mol. The van der Waals surface area contributed by atoms with Crippen molar-refractivity contribution < 1.29 is 4.79 Å². The Balaban J connectivity index is 2.09. The summed E-state index contributed by atoms with van der Waals surface area (Å²) in [7, 11) is 0. The van der Waals surface area contributed by atoms with Gasteiger partial charge in [0.05, 0.1) is 12.1 Å². The summed E-state index contributed by atoms with van der Waals surface area (Å²) in [6.45, 7) is 2.09. The number of hydrogen-bond acceptors (Lipinski definition) is 3. The van der Waals surface area contributed by atoms with Gasteiger partial charge in [-0.25, -0.2) is 0 Å². The van der Waals surface area contributed by atoms with Gasteiger partial charge < -0.3 is 0 Å². The van der Waals surface area contributed by atoms with Crippen molar-refractivity contribution in [2.75, 3.05) is 0 Å². The lowest BCUT2D eigenvalue weighted by atomic mass is 10.0. The number of ketones is 1. The minimum absolute atomic E-state index is 0.0770. The van der Waals surface area contributed by atoms with Gasteiger partial charge in [-0.3, -0.25) is 14.8 Å². The maximum atomic E-state index is 11.9. The van der Waals surface area contributed by atoms with Crippen LogP contribution in [-0.2, 0) is 12.8 Å². The zero-order chi connectivity index (χ0) is 12.1. The van der Waals surface area contributed by atoms with E-state index in [0.717, 1.165) is 12.0 Å². The molecule has 1 heterocycles. The predicted molar refractivity (Wildman–Crippen MR) is 65.9 cm³/mol. The maximum Gasteiger partial charge on any atom is 0.168 e. The number of Topliss-reactive ketones (excluding diaryl/α,β-unsaturated/α-hetero) is 1. The quantitative estimate of drug-likeness (QED) is 0.752. The summed E-state index contributed by atoms with van der Waals surface area (Å²) in [6, 6.07) is 7.73. The van der Waals surface area contributed by atoms with Crippen molar-refractivity contribution in [3.8, 4) is 0 Å². The lowest BCUT2D eigenvalue weighted by Gasteiger charge is -2.01. The highest BCUT2D eigenvalue weighted by atomic mass is 16.1. The molecule has 0 unspecified atom stereocenters. The first-order valence-corrected chi connectivity index (χ1v) is 5.66. The molecule has 0 bridgehead atoms. The summed E-state index contributed by atoms with van der Waals surface area (Å²) in [5, 5.41) is 0. The number of carbonyl (C=O) groups excluding carboxylic acids is 1. The van der Waals surface area contributed by atoms with Crippen LogP contribution in [0.1, 0.15) is 28.5 Å². The van der Waals surface area contributed by atoms with E-state index in [-0.39, 0.29) is 5.78 Å². The SMILES string of the molecule is CCc1ccc(C(=O)Cc2cnccn2)cc1. The topological polar surface area (TPSA) is 42.9 Å². The zero-order valence-corrected chi connectivity index (χ0v) is 9.76. The van der Waals surface area contributed by atoms with Crippen molar-refractivity contribution in [2.45, 2.75) is 19.8 Å². The highest BCUT2D eigenvalue weighted by Crippen LogP contribution is 2.08. The Bertz CT molecular complexity index is 491. The molecule has 3 nitrogen and oxygen atoms in total. The Labute approximate surface area is 101 Å². The summed E-state index contributed by atoms with van der Waals surface area (Å²) in [5.41, 5.74) is 2.67. The minimum atomic E-state index is 0.0770. The molecule has 2 aromatic rings. The number of aromatic nitrogens is 2. The molecular formula is C14H14N2O. The second-order valence-corrected chi connectivity index (χ2v) is 3.85. The van der Waals surface area contributed by atoms with E-state index in [1.54, 1.807) is 18.6 Å². The monoisotopic (exact) mass is 226 g/mol. The van der Waals surface area contributed by atoms with Gasteiger partial charge in [0, 0.05) is 24.2 Å². The third-order valence-electron chi connectivity index (χ3n) is 2.64. The first-order valence-electron chi connectivity index (χ1n) is 5.66. The van der Waals surface area contributed by atoms with Gasteiger partial charge in [0.2, 0.25) is 0 Å². The van der Waals surface area contributed by atoms with Crippen LogP contribution in [0.3, 0.4) is 0 Å². The van der Waals surface area contributed by atoms with E-state index in [9.17, 15) is 4.79 Å². The molecule has 3 heteroatoms. The fraction of sp³-hybridized carbons (Fsp3) is 0.214. The number of nitrogens with zero attached hydrogens (tertiary/aromatic N) is 2. The van der Waals surface area contributed by atoms with E-state index in [2.05, 4.69) is 16.9 Å². The molecule has 1 aromatic heterocycles. The van der Waals surface area contributed by atoms with Crippen molar-refractivity contribution in [2.24, 2.45) is 0 Å². The Hall–Kier alpha value is -2.03. The molecule has 0 aliphatic heterocycles. The van der Waals surface area contributed by atoms with Gasteiger partial charge >= 0.3 is 0 Å². The van der Waals surface area contributed by atoms with E-state index in [0.29, 0.717) is 12.1 Å². The van der Waals surface area contributed by atoms with E-state index in [4.69, 9.17) is 0 Å². The lowest BCUT2D eigenvalue weighted by molar-refractivity contribution is 0.0992. The molecule has 0 amide bonds. The van der Waals surface area contributed by atoms with Gasteiger partial charge in [0.1, 0.15) is 0 Å². The van der Waals surface area contributed by atoms with Gasteiger partial charge in [0.15, 0.2) is 5.78 Å². The molecule has 0 aliphatic rings. The third kappa shape index (κ3) is 2.97. The standard InChI is InChI=1S/C14H14N2O/c1-2-11-3-5-12(6-4-11)14(17)9-13-10-15-7-8-16-13/h3-8,10H,2,9H2,1H3. The van der Waals surface area contributed by atoms with Crippen molar-refractivity contribution in [1.29, 1.82) is 0 Å². The highest BCUT2D eigenvalue weighted by molar-refractivity contribution is 5.97. The van der Waals surface area contributed by atoms with Gasteiger partial charge in [-0.15, -0.1) is 0 Å². The summed E-state index contributed by atoms with van der Waals surface area (Å²) in [4.78, 5) is 20.0. The fourth-order valence-corrected chi connectivity index (χ4v) is 1.61. The molecule has 0 aliphatic carbocycles. The van der Waals surface area contributed by atoms with Crippen LogP contribution in [-0.4, -0.2) is 15.8 Å². The predicted octanol–water partition coefficient (Wildman–Crippen LogP) is 2.46. The largest absolute Gasteiger partial charge is 0.294 e. The molecule has 0 saturated heterocycles. The molecule has 0 radical (unpaired) electrons. The number of benzene rings is 1. The maximum absolute atomic E-state index is 11.9. The Morgan fingerprint density at radius 1 is 1.18 bits per heavy atom. The Kier molecular flexibility index (Phi) is 3.60. The first-order chi connectivity index (χ1) is 8.29. The fourth-order valence-electron chi connectivity index (χ4n) is 1.61. The van der Waals surface area contributed by atoms with Crippen molar-refractivity contribution >= 4 is 5.78 Å². The van der Waals surface area contributed by atoms with E-state index >= 15 is 0 Å². The number of rotatable bonds is 4. The first kappa shape index (κ1) is 11.5. The Morgan fingerprint density at radius 2 is 1.94 bits per heavy atom. The molecule has 1 aromatic carbocycles. The summed E-state index contributed by atoms with van der Waals surface area (Å²) >= 11 is 0. The lowest BCUT2D eigenvalue weighted by Crippen LogP contribution is -2.05. The number of hydrogen-bond donors (Lipinski definition) is 0. The molecule has 0 N–H and O–H groups in total. The molecule has 0 atom stereocenters. The molecule has 0 saturated carbocycles. The second kappa shape index (κ2) is 5.34. The number of carbonyl (C=O) groups is 1. The zero-order valence-electron chi connectivity index (χ0n) is 9.76. The minimum Gasteiger partial charge on any atom is -0.294 e. The van der Waals surface area contributed by atoms with Crippen LogP contribution in [0.25, 0.3) is 0 Å². The highest BCUT2D eigenvalue weighted by Gasteiger charge is 2.07. The van der Waals surface area contributed by atoms with Crippen molar-refractivity contribution in [1.82, 2.24) is 9.97 Å². The van der Waals surface area contributed by atoms with E-state index in [1.807, 2.05) is 24.3 Å². The molecular weight excluding hydrogens is 212 g/mol. The third-order valence-corrected chi connectivity index (χ3v) is 2.64. The van der Waals surface area contributed by atoms with Gasteiger partial charge in [-0.2, -0.15) is 0 Å². The Morgan fingerprint density at radius 3 is 2.53 bits per heavy atom. The summed E-state index contributed by atoms with van der Waals surface area (Å²) < 4.78 is 0. The van der Waals surface area contributed by atoms with Crippen LogP contribution in [0, 0.1) is 0 Å². The van der Waals surface area contributed by atoms with Crippen LogP contribution >= 0.6 is 0 Å². The van der Waals surface area contributed by atoms with Crippen molar-refractivity contribution in [3.63, 3.8) is 0 Å². The van der Waals surface area contributed by atoms with Crippen LogP contribution < -0.4 is 0 Å². The summed E-state index contributed by atoms with van der Waals surface area (Å²) in [6.07, 6.45) is 6.11.